The van der Waals surface area contributed by atoms with Crippen LogP contribution in [0.5, 0.6) is 5.75 Å². The number of hydrogen-bond donors (Lipinski definition) is 2. The highest BCUT2D eigenvalue weighted by Crippen LogP contribution is 2.18. The summed E-state index contributed by atoms with van der Waals surface area (Å²) >= 11 is 2.23. The van der Waals surface area contributed by atoms with Gasteiger partial charge in [-0.05, 0) is 61.9 Å². The van der Waals surface area contributed by atoms with Crippen molar-refractivity contribution in [3.8, 4) is 5.75 Å². The Labute approximate surface area is 199 Å². The van der Waals surface area contributed by atoms with E-state index >= 15 is 0 Å². The Bertz CT molecular complexity index is 1120. The third kappa shape index (κ3) is 6.05. The normalized spacial score (nSPS) is 10.8. The zero-order valence-electron chi connectivity index (χ0n) is 18.4. The predicted octanol–water partition coefficient (Wildman–Crippen LogP) is 2.08. The van der Waals surface area contributed by atoms with Gasteiger partial charge in [-0.25, -0.2) is 0 Å². The van der Waals surface area contributed by atoms with Crippen molar-refractivity contribution < 1.29 is 18.8 Å². The van der Waals surface area contributed by atoms with Crippen molar-refractivity contribution >= 4 is 34.4 Å². The zero-order valence-corrected chi connectivity index (χ0v) is 20.5. The van der Waals surface area contributed by atoms with Crippen molar-refractivity contribution in [1.82, 2.24) is 30.6 Å². The fraction of sp³-hybridized carbons (Fsp3) is 0.381. The molecule has 0 aliphatic rings. The lowest BCUT2D eigenvalue weighted by atomic mass is 10.1. The van der Waals surface area contributed by atoms with E-state index in [9.17, 15) is 9.59 Å². The van der Waals surface area contributed by atoms with Crippen molar-refractivity contribution in [2.75, 3.05) is 19.7 Å². The SMILES string of the molecule is Cc1ccc(OCC(=O)NCCNC(=O)c2nc(Cn3nc(C)c(I)c3C)no2)c(C)c1. The van der Waals surface area contributed by atoms with E-state index in [1.54, 1.807) is 4.68 Å². The Hall–Kier alpha value is -2.96. The minimum absolute atomic E-state index is 0.101. The van der Waals surface area contributed by atoms with E-state index in [0.717, 1.165) is 26.1 Å². The van der Waals surface area contributed by atoms with Gasteiger partial charge in [0.15, 0.2) is 12.4 Å². The molecule has 10 nitrogen and oxygen atoms in total. The van der Waals surface area contributed by atoms with Crippen molar-refractivity contribution in [3.05, 3.63) is 56.0 Å². The number of amides is 2. The molecule has 0 spiro atoms. The molecule has 11 heteroatoms. The molecule has 0 aliphatic carbocycles. The molecule has 3 rings (SSSR count). The fourth-order valence-corrected chi connectivity index (χ4v) is 3.37. The zero-order chi connectivity index (χ0) is 23.3. The molecule has 2 N–H and O–H groups in total. The van der Waals surface area contributed by atoms with Crippen molar-refractivity contribution in [2.24, 2.45) is 0 Å². The summed E-state index contributed by atoms with van der Waals surface area (Å²) in [5.74, 6) is 0.0995. The number of nitrogens with zero attached hydrogens (tertiary/aromatic N) is 4. The molecule has 0 bridgehead atoms. The molecule has 2 amide bonds. The molecule has 3 aromatic rings. The van der Waals surface area contributed by atoms with Crippen LogP contribution in [-0.2, 0) is 11.3 Å². The first-order chi connectivity index (χ1) is 15.2. The molecule has 2 aromatic heterocycles. The van der Waals surface area contributed by atoms with Gasteiger partial charge < -0.3 is 19.9 Å². The quantitative estimate of drug-likeness (QED) is 0.308. The van der Waals surface area contributed by atoms with E-state index in [-0.39, 0.29) is 31.5 Å². The van der Waals surface area contributed by atoms with Gasteiger partial charge in [-0.1, -0.05) is 22.9 Å². The fourth-order valence-electron chi connectivity index (χ4n) is 2.98. The number of aryl methyl sites for hydroxylation is 3. The van der Waals surface area contributed by atoms with E-state index < -0.39 is 5.91 Å². The third-order valence-electron chi connectivity index (χ3n) is 4.67. The van der Waals surface area contributed by atoms with Crippen molar-refractivity contribution in [2.45, 2.75) is 34.2 Å². The molecule has 0 saturated heterocycles. The summed E-state index contributed by atoms with van der Waals surface area (Å²) in [6.07, 6.45) is 0. The van der Waals surface area contributed by atoms with Crippen molar-refractivity contribution in [3.63, 3.8) is 0 Å². The van der Waals surface area contributed by atoms with Crippen LogP contribution in [0.4, 0.5) is 0 Å². The van der Waals surface area contributed by atoms with Crippen LogP contribution in [-0.4, -0.2) is 51.4 Å². The molecular weight excluding hydrogens is 527 g/mol. The standard InChI is InChI=1S/C21H25IN6O4/c1-12-5-6-16(13(2)9-12)31-11-18(29)23-7-8-24-20(30)21-25-17(27-32-21)10-28-15(4)19(22)14(3)26-28/h5-6,9H,7-8,10-11H2,1-4H3,(H,23,29)(H,24,30). The summed E-state index contributed by atoms with van der Waals surface area (Å²) in [7, 11) is 0. The Balaban J connectivity index is 1.39. The lowest BCUT2D eigenvalue weighted by Gasteiger charge is -2.10. The van der Waals surface area contributed by atoms with E-state index in [2.05, 4.69) is 48.5 Å². The molecule has 0 saturated carbocycles. The third-order valence-corrected chi connectivity index (χ3v) is 6.23. The lowest BCUT2D eigenvalue weighted by Crippen LogP contribution is -2.36. The number of aromatic nitrogens is 4. The summed E-state index contributed by atoms with van der Waals surface area (Å²) in [6.45, 7) is 8.46. The molecule has 2 heterocycles. The maximum atomic E-state index is 12.2. The van der Waals surface area contributed by atoms with Gasteiger partial charge in [0, 0.05) is 18.8 Å². The Morgan fingerprint density at radius 3 is 2.59 bits per heavy atom. The number of carbonyl (C=O) groups is 2. The highest BCUT2D eigenvalue weighted by Gasteiger charge is 2.17. The van der Waals surface area contributed by atoms with Gasteiger partial charge in [-0.2, -0.15) is 10.1 Å². The monoisotopic (exact) mass is 552 g/mol. The number of hydrogen-bond acceptors (Lipinski definition) is 7. The molecule has 0 atom stereocenters. The van der Waals surface area contributed by atoms with Crippen LogP contribution in [0.25, 0.3) is 0 Å². The second-order valence-corrected chi connectivity index (χ2v) is 8.40. The topological polar surface area (TPSA) is 124 Å². The number of benzene rings is 1. The number of rotatable bonds is 9. The summed E-state index contributed by atoms with van der Waals surface area (Å²) in [6, 6.07) is 5.76. The molecule has 0 unspecified atom stereocenters. The van der Waals surface area contributed by atoms with Crippen LogP contribution < -0.4 is 15.4 Å². The van der Waals surface area contributed by atoms with Gasteiger partial charge >= 0.3 is 11.8 Å². The average Bonchev–Trinajstić information content (AvgIpc) is 3.31. The minimum Gasteiger partial charge on any atom is -0.484 e. The van der Waals surface area contributed by atoms with Crippen LogP contribution in [0.1, 0.15) is 39.0 Å². The Kier molecular flexibility index (Phi) is 7.83. The minimum atomic E-state index is -0.507. The maximum absolute atomic E-state index is 12.2. The van der Waals surface area contributed by atoms with Gasteiger partial charge in [0.05, 0.1) is 9.26 Å². The number of nitrogens with one attached hydrogen (secondary N) is 2. The first kappa shape index (κ1) is 23.7. The van der Waals surface area contributed by atoms with E-state index in [4.69, 9.17) is 9.26 Å². The van der Waals surface area contributed by atoms with Gasteiger partial charge in [-0.15, -0.1) is 0 Å². The molecule has 32 heavy (non-hydrogen) atoms. The summed E-state index contributed by atoms with van der Waals surface area (Å²) in [4.78, 5) is 28.2. The van der Waals surface area contributed by atoms with Crippen molar-refractivity contribution in [1.29, 1.82) is 0 Å². The van der Waals surface area contributed by atoms with Gasteiger partial charge in [0.2, 0.25) is 0 Å². The number of halogens is 1. The first-order valence-electron chi connectivity index (χ1n) is 10.0. The summed E-state index contributed by atoms with van der Waals surface area (Å²) in [5.41, 5.74) is 4.02. The molecule has 0 radical (unpaired) electrons. The Morgan fingerprint density at radius 2 is 1.91 bits per heavy atom. The molecule has 0 aliphatic heterocycles. The first-order valence-corrected chi connectivity index (χ1v) is 11.1. The smallest absolute Gasteiger partial charge is 0.316 e. The molecule has 0 fully saturated rings. The number of ether oxygens (including phenoxy) is 1. The maximum Gasteiger partial charge on any atom is 0.316 e. The Morgan fingerprint density at radius 1 is 1.16 bits per heavy atom. The average molecular weight is 552 g/mol. The molecule has 170 valence electrons. The second kappa shape index (κ2) is 10.6. The number of carbonyl (C=O) groups excluding carboxylic acids is 2. The van der Waals surface area contributed by atoms with Crippen LogP contribution in [0.15, 0.2) is 22.7 Å². The van der Waals surface area contributed by atoms with E-state index in [1.807, 2.05) is 45.9 Å². The van der Waals surface area contributed by atoms with E-state index in [0.29, 0.717) is 18.1 Å². The van der Waals surface area contributed by atoms with Gasteiger partial charge in [0.25, 0.3) is 5.91 Å². The highest BCUT2D eigenvalue weighted by atomic mass is 127. The highest BCUT2D eigenvalue weighted by molar-refractivity contribution is 14.1. The van der Waals surface area contributed by atoms with Crippen LogP contribution >= 0.6 is 22.6 Å². The lowest BCUT2D eigenvalue weighted by molar-refractivity contribution is -0.123. The summed E-state index contributed by atoms with van der Waals surface area (Å²) in [5, 5.41) is 13.6. The largest absolute Gasteiger partial charge is 0.484 e. The predicted molar refractivity (Wildman–Crippen MR) is 125 cm³/mol. The second-order valence-electron chi connectivity index (χ2n) is 7.32. The van der Waals surface area contributed by atoms with Crippen LogP contribution in [0.2, 0.25) is 0 Å². The van der Waals surface area contributed by atoms with E-state index in [1.165, 1.54) is 0 Å². The molecule has 1 aromatic carbocycles. The van der Waals surface area contributed by atoms with Gasteiger partial charge in [0.1, 0.15) is 12.3 Å². The summed E-state index contributed by atoms with van der Waals surface area (Å²) < 4.78 is 13.4. The van der Waals surface area contributed by atoms with Gasteiger partial charge in [-0.3, -0.25) is 14.3 Å². The van der Waals surface area contributed by atoms with Crippen LogP contribution in [0.3, 0.4) is 0 Å². The van der Waals surface area contributed by atoms with Crippen LogP contribution in [0, 0.1) is 31.3 Å². The molecular formula is C21H25IN6O4.